The summed E-state index contributed by atoms with van der Waals surface area (Å²) in [6, 6.07) is 15.1. The van der Waals surface area contributed by atoms with Crippen molar-refractivity contribution in [2.75, 3.05) is 13.4 Å². The van der Waals surface area contributed by atoms with Crippen molar-refractivity contribution in [1.82, 2.24) is 9.66 Å². The normalized spacial score (nSPS) is 12.7. The Morgan fingerprint density at radius 1 is 1.10 bits per heavy atom. The Labute approximate surface area is 247 Å². The SMILES string of the molecule is C=CCc1cc(C=Nn2c(C(C)(C)C)nc3ccc(Br)cc3c2=O)cc(OCC)c1OCc1ccc2c(c1)OCO2. The van der Waals surface area contributed by atoms with E-state index in [2.05, 4.69) is 27.6 Å². The molecule has 41 heavy (non-hydrogen) atoms. The third-order valence-electron chi connectivity index (χ3n) is 6.44. The number of hydrogen-bond acceptors (Lipinski definition) is 7. The molecule has 0 aliphatic carbocycles. The van der Waals surface area contributed by atoms with Crippen LogP contribution in [0.5, 0.6) is 23.0 Å². The van der Waals surface area contributed by atoms with Gasteiger partial charge in [0.25, 0.3) is 5.56 Å². The van der Waals surface area contributed by atoms with Crippen LogP contribution in [-0.2, 0) is 18.4 Å². The van der Waals surface area contributed by atoms with E-state index in [1.165, 1.54) is 4.68 Å². The zero-order valence-electron chi connectivity index (χ0n) is 23.6. The van der Waals surface area contributed by atoms with E-state index in [1.54, 1.807) is 12.3 Å². The Morgan fingerprint density at radius 3 is 2.66 bits per heavy atom. The summed E-state index contributed by atoms with van der Waals surface area (Å²) in [7, 11) is 0. The summed E-state index contributed by atoms with van der Waals surface area (Å²) in [6.07, 6.45) is 4.02. The molecule has 0 spiro atoms. The highest BCUT2D eigenvalue weighted by Gasteiger charge is 2.23. The minimum atomic E-state index is -0.422. The smallest absolute Gasteiger partial charge is 0.282 e. The standard InChI is InChI=1S/C32H32BrN3O5/c1-6-8-22-13-21(15-28(38-7-2)29(22)39-18-20-9-12-26-27(14-20)41-19-40-26)17-34-36-30(37)24-16-23(33)10-11-25(24)35-31(36)32(3,4)5/h6,9-17H,1,7-8,18-19H2,2-5H3. The van der Waals surface area contributed by atoms with E-state index in [9.17, 15) is 4.79 Å². The average Bonchev–Trinajstić information content (AvgIpc) is 3.40. The summed E-state index contributed by atoms with van der Waals surface area (Å²) in [5.74, 6) is 3.20. The second-order valence-corrected chi connectivity index (χ2v) is 11.5. The van der Waals surface area contributed by atoms with Gasteiger partial charge in [-0.25, -0.2) is 4.98 Å². The number of allylic oxidation sites excluding steroid dienone is 1. The first-order valence-corrected chi connectivity index (χ1v) is 14.2. The maximum atomic E-state index is 13.6. The molecule has 1 aliphatic rings. The molecule has 5 rings (SSSR count). The molecule has 0 bridgehead atoms. The van der Waals surface area contributed by atoms with Gasteiger partial charge in [-0.3, -0.25) is 4.79 Å². The largest absolute Gasteiger partial charge is 0.490 e. The van der Waals surface area contributed by atoms with Crippen LogP contribution in [0, 0.1) is 0 Å². The molecular weight excluding hydrogens is 586 g/mol. The summed E-state index contributed by atoms with van der Waals surface area (Å²) in [6.45, 7) is 12.8. The maximum absolute atomic E-state index is 13.6. The molecule has 8 nitrogen and oxygen atoms in total. The van der Waals surface area contributed by atoms with Crippen LogP contribution in [0.3, 0.4) is 0 Å². The fourth-order valence-electron chi connectivity index (χ4n) is 4.54. The van der Waals surface area contributed by atoms with Gasteiger partial charge in [0, 0.05) is 15.5 Å². The molecule has 4 aromatic rings. The van der Waals surface area contributed by atoms with Crippen molar-refractivity contribution in [3.05, 3.63) is 98.5 Å². The van der Waals surface area contributed by atoms with Gasteiger partial charge in [0.15, 0.2) is 23.0 Å². The van der Waals surface area contributed by atoms with Crippen molar-refractivity contribution in [3.63, 3.8) is 0 Å². The lowest BCUT2D eigenvalue weighted by molar-refractivity contribution is 0.174. The minimum absolute atomic E-state index is 0.219. The second-order valence-electron chi connectivity index (χ2n) is 10.6. The van der Waals surface area contributed by atoms with Gasteiger partial charge in [-0.2, -0.15) is 9.78 Å². The van der Waals surface area contributed by atoms with Crippen LogP contribution in [0.2, 0.25) is 0 Å². The third kappa shape index (κ3) is 6.15. The van der Waals surface area contributed by atoms with Crippen LogP contribution in [0.1, 0.15) is 50.2 Å². The van der Waals surface area contributed by atoms with Crippen molar-refractivity contribution in [1.29, 1.82) is 0 Å². The molecule has 9 heteroatoms. The number of fused-ring (bicyclic) bond motifs is 2. The lowest BCUT2D eigenvalue weighted by Gasteiger charge is -2.21. The summed E-state index contributed by atoms with van der Waals surface area (Å²) in [4.78, 5) is 18.4. The van der Waals surface area contributed by atoms with Gasteiger partial charge in [-0.15, -0.1) is 6.58 Å². The zero-order valence-corrected chi connectivity index (χ0v) is 25.2. The lowest BCUT2D eigenvalue weighted by Crippen LogP contribution is -2.29. The van der Waals surface area contributed by atoms with Crippen molar-refractivity contribution in [2.45, 2.75) is 46.1 Å². The van der Waals surface area contributed by atoms with Gasteiger partial charge in [0.1, 0.15) is 12.4 Å². The van der Waals surface area contributed by atoms with E-state index in [0.717, 1.165) is 26.9 Å². The first-order valence-electron chi connectivity index (χ1n) is 13.4. The Morgan fingerprint density at radius 2 is 1.90 bits per heavy atom. The van der Waals surface area contributed by atoms with Crippen LogP contribution < -0.4 is 24.5 Å². The van der Waals surface area contributed by atoms with Crippen molar-refractivity contribution in [2.24, 2.45) is 5.10 Å². The van der Waals surface area contributed by atoms with E-state index in [4.69, 9.17) is 23.9 Å². The van der Waals surface area contributed by atoms with Crippen LogP contribution in [0.4, 0.5) is 0 Å². The predicted molar refractivity (Wildman–Crippen MR) is 164 cm³/mol. The minimum Gasteiger partial charge on any atom is -0.490 e. The van der Waals surface area contributed by atoms with Gasteiger partial charge in [0.2, 0.25) is 6.79 Å². The van der Waals surface area contributed by atoms with Gasteiger partial charge in [0.05, 0.1) is 23.7 Å². The predicted octanol–water partition coefficient (Wildman–Crippen LogP) is 6.77. The Hall–Kier alpha value is -4.11. The Bertz CT molecular complexity index is 1700. The highest BCUT2D eigenvalue weighted by atomic mass is 79.9. The molecule has 3 aromatic carbocycles. The summed E-state index contributed by atoms with van der Waals surface area (Å²) < 4.78 is 25.4. The number of benzene rings is 3. The Balaban J connectivity index is 1.53. The molecule has 0 saturated heterocycles. The number of halogens is 1. The molecule has 0 amide bonds. The fourth-order valence-corrected chi connectivity index (χ4v) is 4.90. The molecule has 0 fully saturated rings. The Kier molecular flexibility index (Phi) is 8.17. The van der Waals surface area contributed by atoms with Crippen LogP contribution in [-0.4, -0.2) is 29.3 Å². The third-order valence-corrected chi connectivity index (χ3v) is 6.93. The lowest BCUT2D eigenvalue weighted by atomic mass is 9.95. The van der Waals surface area contributed by atoms with Crippen LogP contribution in [0.25, 0.3) is 10.9 Å². The van der Waals surface area contributed by atoms with Gasteiger partial charge in [-0.1, -0.05) is 48.8 Å². The number of ether oxygens (including phenoxy) is 4. The number of nitrogens with zero attached hydrogens (tertiary/aromatic N) is 3. The molecule has 0 N–H and O–H groups in total. The number of rotatable bonds is 9. The molecule has 0 saturated carbocycles. The quantitative estimate of drug-likeness (QED) is 0.152. The van der Waals surface area contributed by atoms with Crippen molar-refractivity contribution < 1.29 is 18.9 Å². The molecule has 0 atom stereocenters. The van der Waals surface area contributed by atoms with Crippen LogP contribution >= 0.6 is 15.9 Å². The zero-order chi connectivity index (χ0) is 29.1. The first-order chi connectivity index (χ1) is 19.7. The molecule has 1 aliphatic heterocycles. The fraction of sp³-hybridized carbons (Fsp3) is 0.281. The molecule has 1 aromatic heterocycles. The topological polar surface area (TPSA) is 84.2 Å². The van der Waals surface area contributed by atoms with E-state index in [1.807, 2.05) is 76.2 Å². The van der Waals surface area contributed by atoms with Gasteiger partial charge in [-0.05, 0) is 66.9 Å². The van der Waals surface area contributed by atoms with E-state index < -0.39 is 5.41 Å². The molecule has 0 unspecified atom stereocenters. The first kappa shape index (κ1) is 28.4. The maximum Gasteiger partial charge on any atom is 0.282 e. The summed E-state index contributed by atoms with van der Waals surface area (Å²) >= 11 is 3.46. The highest BCUT2D eigenvalue weighted by Crippen LogP contribution is 2.36. The molecule has 0 radical (unpaired) electrons. The van der Waals surface area contributed by atoms with Crippen LogP contribution in [0.15, 0.2) is 75.6 Å². The molecular formula is C32H32BrN3O5. The average molecular weight is 619 g/mol. The monoisotopic (exact) mass is 617 g/mol. The molecule has 2 heterocycles. The summed E-state index contributed by atoms with van der Waals surface area (Å²) in [5, 5.41) is 5.12. The van der Waals surface area contributed by atoms with Crippen molar-refractivity contribution in [3.8, 4) is 23.0 Å². The second kappa shape index (κ2) is 11.8. The van der Waals surface area contributed by atoms with Gasteiger partial charge >= 0.3 is 0 Å². The van der Waals surface area contributed by atoms with Crippen molar-refractivity contribution >= 4 is 33.0 Å². The number of aromatic nitrogens is 2. The van der Waals surface area contributed by atoms with E-state index in [-0.39, 0.29) is 12.4 Å². The summed E-state index contributed by atoms with van der Waals surface area (Å²) in [5.41, 5.74) is 2.55. The highest BCUT2D eigenvalue weighted by molar-refractivity contribution is 9.10. The van der Waals surface area contributed by atoms with E-state index in [0.29, 0.717) is 53.6 Å². The molecule has 212 valence electrons. The number of hydrogen-bond donors (Lipinski definition) is 0. The van der Waals surface area contributed by atoms with E-state index >= 15 is 0 Å². The van der Waals surface area contributed by atoms with Gasteiger partial charge < -0.3 is 18.9 Å².